The van der Waals surface area contributed by atoms with E-state index < -0.39 is 42.3 Å². The summed E-state index contributed by atoms with van der Waals surface area (Å²) in [6.45, 7) is 1.81. The third-order valence-corrected chi connectivity index (χ3v) is 5.18. The highest BCUT2D eigenvalue weighted by Crippen LogP contribution is 2.20. The summed E-state index contributed by atoms with van der Waals surface area (Å²) in [5, 5.41) is 28.1. The van der Waals surface area contributed by atoms with Crippen LogP contribution in [0.2, 0.25) is 0 Å². The second-order valence-electron chi connectivity index (χ2n) is 7.80. The molecule has 0 radical (unpaired) electrons. The molecule has 0 aromatic heterocycles. The highest BCUT2D eigenvalue weighted by atomic mass is 16.6. The van der Waals surface area contributed by atoms with Gasteiger partial charge in [-0.3, -0.25) is 9.59 Å². The van der Waals surface area contributed by atoms with E-state index >= 15 is 0 Å². The Balaban J connectivity index is 1.91. The molecule has 168 valence electrons. The minimum absolute atomic E-state index is 0.263. The summed E-state index contributed by atoms with van der Waals surface area (Å²) in [4.78, 5) is 23.2. The number of carbonyl (C=O) groups excluding carboxylic acids is 2. The highest BCUT2D eigenvalue weighted by Gasteiger charge is 2.40. The quantitative estimate of drug-likeness (QED) is 0.235. The van der Waals surface area contributed by atoms with Crippen molar-refractivity contribution in [3.05, 3.63) is 11.7 Å². The third kappa shape index (κ3) is 10.5. The van der Waals surface area contributed by atoms with Gasteiger partial charge in [-0.2, -0.15) is 0 Å². The Labute approximate surface area is 174 Å². The molecule has 1 aliphatic rings. The van der Waals surface area contributed by atoms with Gasteiger partial charge in [0.25, 0.3) is 0 Å². The van der Waals surface area contributed by atoms with E-state index in [-0.39, 0.29) is 6.42 Å². The minimum Gasteiger partial charge on any atom is -0.499 e. The average molecular weight is 415 g/mol. The lowest BCUT2D eigenvalue weighted by Crippen LogP contribution is -2.37. The number of rotatable bonds is 17. The topological polar surface area (TPSA) is 113 Å². The standard InChI is InChI=1S/C22H38O7/c1-2-3-4-5-6-7-8-9-10-11-12-13-14-15-18(24)28-16-17(23)21-19(25)20(26)22(27)29-21/h17,21,23,26-27H,2-16H2,1H3. The molecular formula is C22H38O7. The Morgan fingerprint density at radius 3 is 1.86 bits per heavy atom. The van der Waals surface area contributed by atoms with Crippen molar-refractivity contribution in [2.75, 3.05) is 6.61 Å². The molecule has 0 aromatic carbocycles. The van der Waals surface area contributed by atoms with Gasteiger partial charge in [0.2, 0.25) is 11.5 Å². The summed E-state index contributed by atoms with van der Waals surface area (Å²) in [7, 11) is 0. The molecule has 0 fully saturated rings. The van der Waals surface area contributed by atoms with Gasteiger partial charge in [0, 0.05) is 6.42 Å². The summed E-state index contributed by atoms with van der Waals surface area (Å²) in [6.07, 6.45) is 13.3. The van der Waals surface area contributed by atoms with Crippen LogP contribution in [0.4, 0.5) is 0 Å². The number of esters is 1. The number of aliphatic hydroxyl groups excluding tert-OH is 3. The SMILES string of the molecule is CCCCCCCCCCCCCCCC(=O)OCC(O)C1OC(O)=C(O)C1=O. The largest absolute Gasteiger partial charge is 0.499 e. The van der Waals surface area contributed by atoms with E-state index in [1.165, 1.54) is 64.2 Å². The Hall–Kier alpha value is -1.76. The zero-order valence-electron chi connectivity index (χ0n) is 17.7. The average Bonchev–Trinajstić information content (AvgIpc) is 2.97. The van der Waals surface area contributed by atoms with E-state index in [0.717, 1.165) is 19.3 Å². The second-order valence-corrected chi connectivity index (χ2v) is 7.80. The number of Topliss-reactive ketones (excluding diaryl/α,β-unsaturated/α-hetero) is 1. The molecule has 7 nitrogen and oxygen atoms in total. The van der Waals surface area contributed by atoms with E-state index in [1.54, 1.807) is 0 Å². The number of ketones is 1. The molecule has 7 heteroatoms. The first-order valence-corrected chi connectivity index (χ1v) is 11.1. The smallest absolute Gasteiger partial charge is 0.325 e. The fourth-order valence-corrected chi connectivity index (χ4v) is 3.35. The Morgan fingerprint density at radius 1 is 0.931 bits per heavy atom. The minimum atomic E-state index is -1.45. The van der Waals surface area contributed by atoms with Crippen molar-refractivity contribution in [3.8, 4) is 0 Å². The first kappa shape index (κ1) is 25.3. The normalized spacial score (nSPS) is 17.4. The van der Waals surface area contributed by atoms with Crippen molar-refractivity contribution in [3.63, 3.8) is 0 Å². The molecule has 29 heavy (non-hydrogen) atoms. The first-order valence-electron chi connectivity index (χ1n) is 11.1. The van der Waals surface area contributed by atoms with Gasteiger partial charge >= 0.3 is 11.9 Å². The maximum absolute atomic E-state index is 11.7. The molecule has 0 aromatic rings. The van der Waals surface area contributed by atoms with E-state index in [9.17, 15) is 19.8 Å². The van der Waals surface area contributed by atoms with Crippen LogP contribution in [0.3, 0.4) is 0 Å². The molecule has 0 saturated carbocycles. The van der Waals surface area contributed by atoms with Gasteiger partial charge in [-0.15, -0.1) is 0 Å². The predicted molar refractivity (Wildman–Crippen MR) is 109 cm³/mol. The Kier molecular flexibility index (Phi) is 13.2. The molecule has 0 bridgehead atoms. The Bertz CT molecular complexity index is 515. The van der Waals surface area contributed by atoms with E-state index in [2.05, 4.69) is 11.7 Å². The van der Waals surface area contributed by atoms with Gasteiger partial charge in [0.05, 0.1) is 0 Å². The van der Waals surface area contributed by atoms with Crippen LogP contribution in [0, 0.1) is 0 Å². The highest BCUT2D eigenvalue weighted by molar-refractivity contribution is 5.99. The monoisotopic (exact) mass is 414 g/mol. The number of hydrogen-bond donors (Lipinski definition) is 3. The molecule has 1 rings (SSSR count). The van der Waals surface area contributed by atoms with Crippen molar-refractivity contribution < 1.29 is 34.4 Å². The fourth-order valence-electron chi connectivity index (χ4n) is 3.35. The lowest BCUT2D eigenvalue weighted by molar-refractivity contribution is -0.152. The van der Waals surface area contributed by atoms with Crippen LogP contribution in [0.1, 0.15) is 96.8 Å². The van der Waals surface area contributed by atoms with Gasteiger partial charge in [-0.25, -0.2) is 0 Å². The first-order chi connectivity index (χ1) is 14.0. The molecule has 0 aliphatic carbocycles. The lowest BCUT2D eigenvalue weighted by atomic mass is 10.0. The van der Waals surface area contributed by atoms with Crippen molar-refractivity contribution >= 4 is 11.8 Å². The molecule has 0 spiro atoms. The van der Waals surface area contributed by atoms with Crippen LogP contribution in [-0.4, -0.2) is 45.9 Å². The zero-order chi connectivity index (χ0) is 21.5. The van der Waals surface area contributed by atoms with Crippen LogP contribution in [0.15, 0.2) is 11.7 Å². The maximum Gasteiger partial charge on any atom is 0.325 e. The Morgan fingerprint density at radius 2 is 1.41 bits per heavy atom. The van der Waals surface area contributed by atoms with Crippen molar-refractivity contribution in [1.29, 1.82) is 0 Å². The molecule has 2 unspecified atom stereocenters. The van der Waals surface area contributed by atoms with Crippen LogP contribution in [-0.2, 0) is 19.1 Å². The molecule has 2 atom stereocenters. The van der Waals surface area contributed by atoms with Crippen LogP contribution in [0.5, 0.6) is 0 Å². The zero-order valence-corrected chi connectivity index (χ0v) is 17.7. The number of aliphatic hydroxyl groups is 3. The summed E-state index contributed by atoms with van der Waals surface area (Å²) in [5.41, 5.74) is 0. The molecule has 1 heterocycles. The van der Waals surface area contributed by atoms with Crippen LogP contribution < -0.4 is 0 Å². The van der Waals surface area contributed by atoms with Gasteiger partial charge in [-0.05, 0) is 6.42 Å². The van der Waals surface area contributed by atoms with Crippen molar-refractivity contribution in [2.24, 2.45) is 0 Å². The number of unbranched alkanes of at least 4 members (excludes halogenated alkanes) is 12. The molecule has 0 saturated heterocycles. The van der Waals surface area contributed by atoms with Crippen molar-refractivity contribution in [2.45, 2.75) is 109 Å². The fraction of sp³-hybridized carbons (Fsp3) is 0.818. The number of ether oxygens (including phenoxy) is 2. The lowest BCUT2D eigenvalue weighted by Gasteiger charge is -2.16. The summed E-state index contributed by atoms with van der Waals surface area (Å²) >= 11 is 0. The van der Waals surface area contributed by atoms with Gasteiger partial charge in [0.15, 0.2) is 6.10 Å². The molecule has 0 amide bonds. The predicted octanol–water partition coefficient (Wildman–Crippen LogP) is 4.62. The second kappa shape index (κ2) is 15.1. The number of hydrogen-bond acceptors (Lipinski definition) is 7. The molecule has 1 aliphatic heterocycles. The third-order valence-electron chi connectivity index (χ3n) is 5.18. The van der Waals surface area contributed by atoms with Crippen LogP contribution >= 0.6 is 0 Å². The van der Waals surface area contributed by atoms with E-state index in [4.69, 9.17) is 9.84 Å². The molecule has 3 N–H and O–H groups in total. The number of carbonyl (C=O) groups is 2. The summed E-state index contributed by atoms with van der Waals surface area (Å²) in [6, 6.07) is 0. The van der Waals surface area contributed by atoms with Crippen molar-refractivity contribution in [1.82, 2.24) is 0 Å². The van der Waals surface area contributed by atoms with E-state index in [0.29, 0.717) is 0 Å². The maximum atomic E-state index is 11.7. The van der Waals surface area contributed by atoms with Gasteiger partial charge in [0.1, 0.15) is 12.7 Å². The molecular weight excluding hydrogens is 376 g/mol. The van der Waals surface area contributed by atoms with Gasteiger partial charge < -0.3 is 24.8 Å². The van der Waals surface area contributed by atoms with Gasteiger partial charge in [-0.1, -0.05) is 84.0 Å². The summed E-state index contributed by atoms with van der Waals surface area (Å²) in [5.74, 6) is -3.22. The van der Waals surface area contributed by atoms with E-state index in [1.807, 2.05) is 0 Å². The van der Waals surface area contributed by atoms with Crippen LogP contribution in [0.25, 0.3) is 0 Å². The summed E-state index contributed by atoms with van der Waals surface area (Å²) < 4.78 is 9.60.